The molecule has 0 aliphatic heterocycles. The number of hydrogen-bond donors (Lipinski definition) is 1. The molecule has 98 valence electrons. The molecular weight excluding hydrogens is 324 g/mol. The number of nitrogens with two attached hydrogens (primary N) is 1. The first-order valence-corrected chi connectivity index (χ1v) is 7.54. The van der Waals surface area contributed by atoms with Crippen molar-refractivity contribution in [2.24, 2.45) is 0 Å². The predicted octanol–water partition coefficient (Wildman–Crippen LogP) is 3.76. The van der Waals surface area contributed by atoms with Crippen LogP contribution in [0.15, 0.2) is 28.7 Å². The summed E-state index contributed by atoms with van der Waals surface area (Å²) in [7, 11) is 0. The van der Waals surface area contributed by atoms with E-state index in [1.165, 1.54) is 4.70 Å². The summed E-state index contributed by atoms with van der Waals surface area (Å²) in [4.78, 5) is 4.66. The van der Waals surface area contributed by atoms with Crippen molar-refractivity contribution >= 4 is 43.3 Å². The van der Waals surface area contributed by atoms with E-state index < -0.39 is 0 Å². The lowest BCUT2D eigenvalue weighted by atomic mass is 10.3. The van der Waals surface area contributed by atoms with Crippen LogP contribution in [0.3, 0.4) is 0 Å². The van der Waals surface area contributed by atoms with E-state index in [1.807, 2.05) is 29.8 Å². The maximum absolute atomic E-state index is 6.07. The van der Waals surface area contributed by atoms with E-state index in [0.717, 1.165) is 20.7 Å². The first-order valence-electron chi connectivity index (χ1n) is 5.93. The summed E-state index contributed by atoms with van der Waals surface area (Å²) in [5.41, 5.74) is 7.98. The van der Waals surface area contributed by atoms with Gasteiger partial charge in [0.2, 0.25) is 0 Å². The summed E-state index contributed by atoms with van der Waals surface area (Å²) in [6, 6.07) is 8.16. The fourth-order valence-electron chi connectivity index (χ4n) is 2.01. The fourth-order valence-corrected chi connectivity index (χ4v) is 3.28. The highest BCUT2D eigenvalue weighted by Crippen LogP contribution is 2.32. The van der Waals surface area contributed by atoms with Crippen LogP contribution < -0.4 is 5.73 Å². The molecule has 0 bridgehead atoms. The van der Waals surface area contributed by atoms with Gasteiger partial charge in [0.1, 0.15) is 16.9 Å². The normalized spacial score (nSPS) is 13.0. The highest BCUT2D eigenvalue weighted by atomic mass is 79.9. The molecule has 0 aliphatic carbocycles. The molecule has 1 unspecified atom stereocenters. The quantitative estimate of drug-likeness (QED) is 0.775. The summed E-state index contributed by atoms with van der Waals surface area (Å²) >= 11 is 5.13. The first kappa shape index (κ1) is 12.6. The number of aromatic nitrogens is 3. The van der Waals surface area contributed by atoms with Crippen LogP contribution in [0.25, 0.3) is 10.2 Å². The number of rotatable bonds is 2. The largest absolute Gasteiger partial charge is 0.383 e. The van der Waals surface area contributed by atoms with Gasteiger partial charge >= 0.3 is 0 Å². The minimum Gasteiger partial charge on any atom is -0.383 e. The average molecular weight is 337 g/mol. The van der Waals surface area contributed by atoms with Crippen LogP contribution in [0.2, 0.25) is 0 Å². The Balaban J connectivity index is 2.07. The number of hydrogen-bond acceptors (Lipinski definition) is 4. The lowest BCUT2D eigenvalue weighted by Gasteiger charge is -2.10. The van der Waals surface area contributed by atoms with Crippen molar-refractivity contribution in [1.82, 2.24) is 14.8 Å². The molecule has 0 amide bonds. The molecule has 4 nitrogen and oxygen atoms in total. The Labute approximate surface area is 123 Å². The number of benzene rings is 1. The second-order valence-corrected chi connectivity index (χ2v) is 6.28. The molecule has 1 aromatic carbocycles. The Morgan fingerprint density at radius 1 is 1.37 bits per heavy atom. The van der Waals surface area contributed by atoms with E-state index in [2.05, 4.69) is 39.0 Å². The van der Waals surface area contributed by atoms with Crippen molar-refractivity contribution in [3.8, 4) is 0 Å². The van der Waals surface area contributed by atoms with Crippen LogP contribution in [0.4, 0.5) is 5.82 Å². The minimum absolute atomic E-state index is 0.0300. The van der Waals surface area contributed by atoms with Gasteiger partial charge in [-0.15, -0.1) is 11.3 Å². The van der Waals surface area contributed by atoms with Gasteiger partial charge < -0.3 is 5.73 Å². The van der Waals surface area contributed by atoms with Crippen molar-refractivity contribution < 1.29 is 0 Å². The average Bonchev–Trinajstić information content (AvgIpc) is 2.95. The van der Waals surface area contributed by atoms with Gasteiger partial charge in [-0.25, -0.2) is 9.67 Å². The van der Waals surface area contributed by atoms with E-state index in [1.54, 1.807) is 11.3 Å². The topological polar surface area (TPSA) is 56.7 Å². The summed E-state index contributed by atoms with van der Waals surface area (Å²) in [5, 5.41) is 5.48. The lowest BCUT2D eigenvalue weighted by Crippen LogP contribution is -2.11. The maximum atomic E-state index is 6.07. The number of nitrogens with zero attached hydrogens (tertiary/aromatic N) is 3. The Bertz CT molecular complexity index is 713. The van der Waals surface area contributed by atoms with Crippen LogP contribution >= 0.6 is 27.3 Å². The zero-order valence-electron chi connectivity index (χ0n) is 10.6. The zero-order chi connectivity index (χ0) is 13.6. The molecule has 0 saturated carbocycles. The third kappa shape index (κ3) is 2.04. The molecule has 0 radical (unpaired) electrons. The van der Waals surface area contributed by atoms with Gasteiger partial charge in [0.05, 0.1) is 20.4 Å². The molecular formula is C13H13BrN4S. The number of thiazole rings is 1. The van der Waals surface area contributed by atoms with Gasteiger partial charge in [-0.05, 0) is 41.9 Å². The zero-order valence-corrected chi connectivity index (χ0v) is 13.0. The highest BCUT2D eigenvalue weighted by molar-refractivity contribution is 9.10. The molecule has 2 heterocycles. The molecule has 2 aromatic heterocycles. The number of nitrogen functional groups attached to an aromatic ring is 1. The van der Waals surface area contributed by atoms with Gasteiger partial charge in [0.15, 0.2) is 0 Å². The van der Waals surface area contributed by atoms with E-state index in [4.69, 9.17) is 5.73 Å². The number of anilines is 1. The number of halogens is 1. The molecule has 6 heteroatoms. The van der Waals surface area contributed by atoms with Crippen LogP contribution in [0.5, 0.6) is 0 Å². The fraction of sp³-hybridized carbons (Fsp3) is 0.231. The molecule has 0 saturated heterocycles. The smallest absolute Gasteiger partial charge is 0.137 e. The van der Waals surface area contributed by atoms with Gasteiger partial charge in [-0.3, -0.25) is 0 Å². The SMILES string of the molecule is Cc1nn(C(C)c2nc3ccccc3s2)c(N)c1Br. The summed E-state index contributed by atoms with van der Waals surface area (Å²) in [5.74, 6) is 0.643. The van der Waals surface area contributed by atoms with Crippen molar-refractivity contribution in [2.45, 2.75) is 19.9 Å². The number of aryl methyl sites for hydroxylation is 1. The minimum atomic E-state index is 0.0300. The van der Waals surface area contributed by atoms with Gasteiger partial charge in [-0.1, -0.05) is 12.1 Å². The third-order valence-electron chi connectivity index (χ3n) is 3.08. The van der Waals surface area contributed by atoms with Gasteiger partial charge in [-0.2, -0.15) is 5.10 Å². The van der Waals surface area contributed by atoms with E-state index in [0.29, 0.717) is 5.82 Å². The predicted molar refractivity (Wildman–Crippen MR) is 82.5 cm³/mol. The van der Waals surface area contributed by atoms with Crippen molar-refractivity contribution in [3.63, 3.8) is 0 Å². The van der Waals surface area contributed by atoms with E-state index >= 15 is 0 Å². The van der Waals surface area contributed by atoms with Crippen LogP contribution in [-0.4, -0.2) is 14.8 Å². The van der Waals surface area contributed by atoms with Gasteiger partial charge in [0, 0.05) is 0 Å². The molecule has 0 fully saturated rings. The lowest BCUT2D eigenvalue weighted by molar-refractivity contribution is 0.567. The molecule has 2 N–H and O–H groups in total. The maximum Gasteiger partial charge on any atom is 0.137 e. The first-order chi connectivity index (χ1) is 9.08. The van der Waals surface area contributed by atoms with Crippen LogP contribution in [-0.2, 0) is 0 Å². The van der Waals surface area contributed by atoms with Crippen molar-refractivity contribution in [1.29, 1.82) is 0 Å². The molecule has 3 aromatic rings. The van der Waals surface area contributed by atoms with Crippen LogP contribution in [0.1, 0.15) is 23.7 Å². The molecule has 3 rings (SSSR count). The Kier molecular flexibility index (Phi) is 3.06. The highest BCUT2D eigenvalue weighted by Gasteiger charge is 2.19. The molecule has 1 atom stereocenters. The Morgan fingerprint density at radius 2 is 2.11 bits per heavy atom. The molecule has 19 heavy (non-hydrogen) atoms. The van der Waals surface area contributed by atoms with E-state index in [-0.39, 0.29) is 6.04 Å². The summed E-state index contributed by atoms with van der Waals surface area (Å²) in [6.45, 7) is 4.00. The van der Waals surface area contributed by atoms with Crippen molar-refractivity contribution in [3.05, 3.63) is 39.4 Å². The molecule has 0 spiro atoms. The Morgan fingerprint density at radius 3 is 2.74 bits per heavy atom. The number of fused-ring (bicyclic) bond motifs is 1. The number of para-hydroxylation sites is 1. The molecule has 0 aliphatic rings. The van der Waals surface area contributed by atoms with E-state index in [9.17, 15) is 0 Å². The standard InChI is InChI=1S/C13H13BrN4S/c1-7-11(14)12(15)18(17-7)8(2)13-16-9-5-3-4-6-10(9)19-13/h3-6,8H,15H2,1-2H3. The second-order valence-electron chi connectivity index (χ2n) is 4.43. The second kappa shape index (κ2) is 4.61. The summed E-state index contributed by atoms with van der Waals surface area (Å²) < 4.78 is 3.86. The Hall–Kier alpha value is -1.40. The van der Waals surface area contributed by atoms with Gasteiger partial charge in [0.25, 0.3) is 0 Å². The monoisotopic (exact) mass is 336 g/mol. The summed E-state index contributed by atoms with van der Waals surface area (Å²) in [6.07, 6.45) is 0. The van der Waals surface area contributed by atoms with Crippen molar-refractivity contribution in [2.75, 3.05) is 5.73 Å². The van der Waals surface area contributed by atoms with Crippen LogP contribution in [0, 0.1) is 6.92 Å². The third-order valence-corrected chi connectivity index (χ3v) is 5.27.